The van der Waals surface area contributed by atoms with E-state index in [9.17, 15) is 34.9 Å². The van der Waals surface area contributed by atoms with Crippen molar-refractivity contribution in [1.29, 1.82) is 0 Å². The molecule has 4 nitrogen and oxygen atoms in total. The monoisotopic (exact) mass is 540 g/mol. The van der Waals surface area contributed by atoms with Crippen LogP contribution in [0.15, 0.2) is 105 Å². The topological polar surface area (TPSA) is 66.4 Å². The highest BCUT2D eigenvalue weighted by molar-refractivity contribution is 7.97. The van der Waals surface area contributed by atoms with Crippen LogP contribution in [0.3, 0.4) is 0 Å². The maximum absolute atomic E-state index is 12.6. The fourth-order valence-corrected chi connectivity index (χ4v) is 5.92. The van der Waals surface area contributed by atoms with Crippen molar-refractivity contribution in [2.75, 3.05) is 7.11 Å². The van der Waals surface area contributed by atoms with Crippen LogP contribution in [0.25, 0.3) is 0 Å². The minimum atomic E-state index is -5.77. The molecule has 0 N–H and O–H groups in total. The smallest absolute Gasteiger partial charge is 0.208 e. The van der Waals surface area contributed by atoms with Gasteiger partial charge in [-0.3, -0.25) is 0 Å². The maximum Gasteiger partial charge on any atom is 0.208 e. The number of ether oxygens (including phenoxy) is 1. The largest absolute Gasteiger partial charge is 0.744 e. The fraction of sp³-hybridized carbons (Fsp3) is 0.0400. The number of benzene rings is 4. The summed E-state index contributed by atoms with van der Waals surface area (Å²) in [5.74, 6) is -11.9. The molecule has 0 amide bonds. The van der Waals surface area contributed by atoms with Crippen LogP contribution in [0, 0.1) is 29.1 Å². The minimum Gasteiger partial charge on any atom is -0.744 e. The lowest BCUT2D eigenvalue weighted by Crippen LogP contribution is -2.12. The second kappa shape index (κ2) is 11.5. The second-order valence-corrected chi connectivity index (χ2v) is 10.2. The molecular weight excluding hydrogens is 523 g/mol. The minimum absolute atomic E-state index is 0.151. The Morgan fingerprint density at radius 2 is 1.03 bits per heavy atom. The number of methoxy groups -OCH3 is 1. The van der Waals surface area contributed by atoms with E-state index in [0.717, 1.165) is 5.75 Å². The van der Waals surface area contributed by atoms with E-state index in [0.29, 0.717) is 0 Å². The van der Waals surface area contributed by atoms with Crippen LogP contribution in [0.2, 0.25) is 0 Å². The van der Waals surface area contributed by atoms with Crippen LogP contribution in [0.5, 0.6) is 5.75 Å². The number of halogens is 5. The van der Waals surface area contributed by atoms with Crippen LogP contribution in [0.4, 0.5) is 22.0 Å². The summed E-state index contributed by atoms with van der Waals surface area (Å²) < 4.78 is 98.5. The summed E-state index contributed by atoms with van der Waals surface area (Å²) in [6, 6.07) is 29.5. The van der Waals surface area contributed by atoms with E-state index in [4.69, 9.17) is 4.74 Å². The first kappa shape index (κ1) is 27.2. The molecule has 0 aliphatic rings. The Hall–Kier alpha value is -3.41. The van der Waals surface area contributed by atoms with Crippen molar-refractivity contribution in [2.24, 2.45) is 0 Å². The third-order valence-electron chi connectivity index (χ3n) is 4.67. The molecule has 4 aromatic rings. The Balaban J connectivity index is 0.000000214. The van der Waals surface area contributed by atoms with Crippen LogP contribution in [-0.4, -0.2) is 20.1 Å². The van der Waals surface area contributed by atoms with Gasteiger partial charge >= 0.3 is 0 Å². The highest BCUT2D eigenvalue weighted by atomic mass is 32.2. The highest BCUT2D eigenvalue weighted by Crippen LogP contribution is 2.36. The Labute approximate surface area is 207 Å². The fourth-order valence-electron chi connectivity index (χ4n) is 3.09. The predicted molar refractivity (Wildman–Crippen MR) is 122 cm³/mol. The van der Waals surface area contributed by atoms with Gasteiger partial charge in [0.1, 0.15) is 25.9 Å². The van der Waals surface area contributed by atoms with Crippen LogP contribution >= 0.6 is 0 Å². The molecule has 36 heavy (non-hydrogen) atoms. The number of para-hydroxylation sites is 1. The summed E-state index contributed by atoms with van der Waals surface area (Å²) in [6.07, 6.45) is 0. The molecule has 0 aromatic heterocycles. The maximum atomic E-state index is 12.6. The average Bonchev–Trinajstić information content (AvgIpc) is 2.88. The summed E-state index contributed by atoms with van der Waals surface area (Å²) in [7, 11) is -4.19. The first-order chi connectivity index (χ1) is 17.1. The molecule has 0 spiro atoms. The molecule has 0 atom stereocenters. The first-order valence-electron chi connectivity index (χ1n) is 10.0. The van der Waals surface area contributed by atoms with Crippen molar-refractivity contribution in [1.82, 2.24) is 0 Å². The molecule has 4 aromatic carbocycles. The highest BCUT2D eigenvalue weighted by Gasteiger charge is 2.31. The molecule has 0 unspecified atom stereocenters. The van der Waals surface area contributed by atoms with Gasteiger partial charge in [0.25, 0.3) is 0 Å². The van der Waals surface area contributed by atoms with E-state index >= 15 is 0 Å². The standard InChI is InChI=1S/C19H17OS.C6HF5O3S/c1-20-18-14-8-9-15-19(18)21(16-10-4-2-5-11-16)17-12-6-3-7-13-17;7-1-2(8)4(10)6(15(12,13)14)5(11)3(1)9/h2-15H,1H3;(H,12,13,14)/q+1;/p-1. The first-order valence-corrected chi connectivity index (χ1v) is 12.7. The van der Waals surface area contributed by atoms with Gasteiger partial charge in [-0.25, -0.2) is 30.4 Å². The lowest BCUT2D eigenvalue weighted by molar-refractivity contribution is 0.350. The second-order valence-electron chi connectivity index (χ2n) is 6.94. The lowest BCUT2D eigenvalue weighted by Gasteiger charge is -2.10. The zero-order valence-electron chi connectivity index (χ0n) is 18.4. The van der Waals surface area contributed by atoms with Gasteiger partial charge in [-0.15, -0.1) is 0 Å². The summed E-state index contributed by atoms with van der Waals surface area (Å²) >= 11 is 0. The van der Waals surface area contributed by atoms with E-state index in [2.05, 4.69) is 72.8 Å². The number of hydrogen-bond acceptors (Lipinski definition) is 4. The number of rotatable bonds is 5. The van der Waals surface area contributed by atoms with E-state index in [-0.39, 0.29) is 10.9 Å². The zero-order chi connectivity index (χ0) is 26.5. The Bertz CT molecular complexity index is 1380. The van der Waals surface area contributed by atoms with Crippen LogP contribution in [0.1, 0.15) is 0 Å². The van der Waals surface area contributed by atoms with Crippen molar-refractivity contribution in [3.63, 3.8) is 0 Å². The van der Waals surface area contributed by atoms with Gasteiger partial charge in [0.05, 0.1) is 7.11 Å². The Kier molecular flexibility index (Phi) is 8.72. The number of hydrogen-bond donors (Lipinski definition) is 0. The molecule has 0 fully saturated rings. The molecule has 0 heterocycles. The summed E-state index contributed by atoms with van der Waals surface area (Å²) in [6.45, 7) is 0. The van der Waals surface area contributed by atoms with E-state index in [1.807, 2.05) is 12.1 Å². The molecule has 0 saturated heterocycles. The van der Waals surface area contributed by atoms with E-state index in [1.165, 1.54) is 14.7 Å². The normalized spacial score (nSPS) is 11.1. The molecule has 0 aliphatic carbocycles. The van der Waals surface area contributed by atoms with E-state index < -0.39 is 44.1 Å². The van der Waals surface area contributed by atoms with Gasteiger partial charge in [0, 0.05) is 0 Å². The van der Waals surface area contributed by atoms with Crippen LogP contribution < -0.4 is 4.74 Å². The summed E-state index contributed by atoms with van der Waals surface area (Å²) in [5.41, 5.74) is 0. The van der Waals surface area contributed by atoms with Gasteiger partial charge in [0.2, 0.25) is 10.7 Å². The molecule has 11 heteroatoms. The molecule has 4 rings (SSSR count). The summed E-state index contributed by atoms with van der Waals surface area (Å²) in [4.78, 5) is 1.44. The van der Waals surface area contributed by atoms with Crippen molar-refractivity contribution >= 4 is 21.0 Å². The summed E-state index contributed by atoms with van der Waals surface area (Å²) in [5, 5.41) is 0. The van der Waals surface area contributed by atoms with Gasteiger partial charge in [-0.1, -0.05) is 48.5 Å². The van der Waals surface area contributed by atoms with Gasteiger partial charge in [0.15, 0.2) is 38.8 Å². The van der Waals surface area contributed by atoms with Crippen molar-refractivity contribution in [3.05, 3.63) is 114 Å². The third-order valence-corrected chi connectivity index (χ3v) is 7.79. The van der Waals surface area contributed by atoms with Crippen molar-refractivity contribution in [3.8, 4) is 5.75 Å². The molecule has 0 radical (unpaired) electrons. The van der Waals surface area contributed by atoms with Gasteiger partial charge < -0.3 is 9.29 Å². The molecule has 0 saturated carbocycles. The quantitative estimate of drug-likeness (QED) is 0.101. The molecule has 0 aliphatic heterocycles. The van der Waals surface area contributed by atoms with Crippen molar-refractivity contribution in [2.45, 2.75) is 19.6 Å². The lowest BCUT2D eigenvalue weighted by atomic mass is 10.3. The molecule has 0 bridgehead atoms. The van der Waals surface area contributed by atoms with Gasteiger partial charge in [-0.05, 0) is 36.4 Å². The van der Waals surface area contributed by atoms with Crippen molar-refractivity contribution < 1.29 is 39.7 Å². The zero-order valence-corrected chi connectivity index (χ0v) is 20.1. The average molecular weight is 541 g/mol. The van der Waals surface area contributed by atoms with Crippen LogP contribution in [-0.2, 0) is 21.0 Å². The Morgan fingerprint density at radius 1 is 0.639 bits per heavy atom. The predicted octanol–water partition coefficient (Wildman–Crippen LogP) is 6.08. The van der Waals surface area contributed by atoms with E-state index in [1.54, 1.807) is 7.11 Å². The molecule has 188 valence electrons. The molecular formula is C25H17F5O4S2. The third kappa shape index (κ3) is 5.86. The Morgan fingerprint density at radius 3 is 1.44 bits per heavy atom. The SMILES string of the molecule is COc1ccccc1[S+](c1ccccc1)c1ccccc1.O=S(=O)([O-])c1c(F)c(F)c(F)c(F)c1F. The van der Waals surface area contributed by atoms with Gasteiger partial charge in [-0.2, -0.15) is 0 Å².